The van der Waals surface area contributed by atoms with Crippen LogP contribution >= 0.6 is 0 Å². The molecular weight excluding hydrogens is 348 g/mol. The van der Waals surface area contributed by atoms with Gasteiger partial charge in [-0.25, -0.2) is 14.4 Å². The van der Waals surface area contributed by atoms with Crippen molar-refractivity contribution in [3.8, 4) is 0 Å². The Morgan fingerprint density at radius 1 is 0.808 bits per heavy atom. The summed E-state index contributed by atoms with van der Waals surface area (Å²) in [5, 5.41) is 37.0. The first-order chi connectivity index (χ1) is 12.3. The van der Waals surface area contributed by atoms with Gasteiger partial charge in [-0.3, -0.25) is 4.90 Å². The Labute approximate surface area is 152 Å². The lowest BCUT2D eigenvalue weighted by atomic mass is 10.2. The molecule has 0 bridgehead atoms. The topological polar surface area (TPSA) is 145 Å². The zero-order valence-electron chi connectivity index (χ0n) is 15.0. The fourth-order valence-corrected chi connectivity index (χ4v) is 2.86. The zero-order valence-corrected chi connectivity index (χ0v) is 15.0. The van der Waals surface area contributed by atoms with Crippen LogP contribution < -0.4 is 0 Å². The molecule has 0 radical (unpaired) electrons. The van der Waals surface area contributed by atoms with Crippen LogP contribution in [0.5, 0.6) is 0 Å². The lowest BCUT2D eigenvalue weighted by Gasteiger charge is -2.35. The lowest BCUT2D eigenvalue weighted by molar-refractivity contribution is 0.0830. The van der Waals surface area contributed by atoms with E-state index < -0.39 is 18.3 Å². The molecule has 26 heavy (non-hydrogen) atoms. The van der Waals surface area contributed by atoms with E-state index >= 15 is 0 Å². The van der Waals surface area contributed by atoms with E-state index in [1.807, 2.05) is 11.8 Å². The number of amides is 3. The Hall–Kier alpha value is -2.27. The smallest absolute Gasteiger partial charge is 0.407 e. The number of carboxylic acid groups (broad SMARTS) is 3. The van der Waals surface area contributed by atoms with Gasteiger partial charge in [0.1, 0.15) is 0 Å². The van der Waals surface area contributed by atoms with Gasteiger partial charge in [-0.1, -0.05) is 0 Å². The predicted molar refractivity (Wildman–Crippen MR) is 91.5 cm³/mol. The Morgan fingerprint density at radius 3 is 1.65 bits per heavy atom. The molecule has 0 aromatic heterocycles. The minimum absolute atomic E-state index is 0.00683. The van der Waals surface area contributed by atoms with Gasteiger partial charge in [0, 0.05) is 65.0 Å². The molecular formula is C15H28N4O7. The molecule has 0 aromatic carbocycles. The number of aliphatic hydroxyl groups excluding tert-OH is 1. The van der Waals surface area contributed by atoms with Crippen molar-refractivity contribution in [3.63, 3.8) is 0 Å². The molecule has 0 spiro atoms. The number of hydrogen-bond acceptors (Lipinski definition) is 5. The minimum atomic E-state index is -1.21. The first-order valence-corrected chi connectivity index (χ1v) is 8.54. The Morgan fingerprint density at radius 2 is 1.23 bits per heavy atom. The van der Waals surface area contributed by atoms with Gasteiger partial charge in [0.15, 0.2) is 0 Å². The van der Waals surface area contributed by atoms with Crippen molar-refractivity contribution in [2.45, 2.75) is 19.4 Å². The summed E-state index contributed by atoms with van der Waals surface area (Å²) >= 11 is 0. The van der Waals surface area contributed by atoms with E-state index in [2.05, 4.69) is 0 Å². The van der Waals surface area contributed by atoms with Crippen LogP contribution in [0.4, 0.5) is 14.4 Å². The maximum atomic E-state index is 11.5. The van der Waals surface area contributed by atoms with Crippen LogP contribution in [-0.4, -0.2) is 123 Å². The largest absolute Gasteiger partial charge is 0.465 e. The second-order valence-corrected chi connectivity index (χ2v) is 6.23. The number of nitrogens with zero attached hydrogens (tertiary/aromatic N) is 4. The van der Waals surface area contributed by atoms with Crippen LogP contribution in [0, 0.1) is 0 Å². The van der Waals surface area contributed by atoms with E-state index in [9.17, 15) is 29.7 Å². The monoisotopic (exact) mass is 376 g/mol. The third-order valence-corrected chi connectivity index (χ3v) is 4.46. The third kappa shape index (κ3) is 6.92. The van der Waals surface area contributed by atoms with Crippen LogP contribution in [0.15, 0.2) is 0 Å². The van der Waals surface area contributed by atoms with Gasteiger partial charge in [-0.15, -0.1) is 0 Å². The van der Waals surface area contributed by atoms with E-state index in [-0.39, 0.29) is 51.9 Å². The molecule has 0 saturated carbocycles. The van der Waals surface area contributed by atoms with Gasteiger partial charge in [0.25, 0.3) is 0 Å². The van der Waals surface area contributed by atoms with Crippen LogP contribution in [0.1, 0.15) is 13.3 Å². The second kappa shape index (κ2) is 10.7. The first kappa shape index (κ1) is 21.8. The lowest BCUT2D eigenvalue weighted by Crippen LogP contribution is -2.51. The van der Waals surface area contributed by atoms with Crippen LogP contribution in [0.3, 0.4) is 0 Å². The fourth-order valence-electron chi connectivity index (χ4n) is 2.86. The highest BCUT2D eigenvalue weighted by molar-refractivity contribution is 5.67. The minimum Gasteiger partial charge on any atom is -0.465 e. The quantitative estimate of drug-likeness (QED) is 0.539. The number of rotatable bonds is 3. The van der Waals surface area contributed by atoms with E-state index in [4.69, 9.17) is 5.11 Å². The van der Waals surface area contributed by atoms with Crippen LogP contribution in [0.25, 0.3) is 0 Å². The standard InChI is InChI=1S/C15H28N4O7/c1-12-11-19(15(25)26)9-8-18(14(23)24)7-6-17(13(21)22)5-4-16(12)3-2-10-20/h12,20H,2-11H2,1H3,(H,21,22)(H,23,24)(H,25,26). The molecule has 1 aliphatic rings. The summed E-state index contributed by atoms with van der Waals surface area (Å²) < 4.78 is 0. The Bertz CT molecular complexity index is 491. The highest BCUT2D eigenvalue weighted by Gasteiger charge is 2.25. The van der Waals surface area contributed by atoms with Crippen molar-refractivity contribution < 1.29 is 34.8 Å². The van der Waals surface area contributed by atoms with Gasteiger partial charge in [0.2, 0.25) is 0 Å². The van der Waals surface area contributed by atoms with Crippen molar-refractivity contribution in [2.75, 3.05) is 59.0 Å². The molecule has 150 valence electrons. The van der Waals surface area contributed by atoms with Crippen LogP contribution in [0.2, 0.25) is 0 Å². The van der Waals surface area contributed by atoms with Gasteiger partial charge >= 0.3 is 18.3 Å². The average Bonchev–Trinajstić information content (AvgIpc) is 2.56. The van der Waals surface area contributed by atoms with E-state index in [1.165, 1.54) is 4.90 Å². The molecule has 3 amide bonds. The van der Waals surface area contributed by atoms with Crippen molar-refractivity contribution in [2.24, 2.45) is 0 Å². The van der Waals surface area contributed by atoms with Gasteiger partial charge < -0.3 is 35.1 Å². The first-order valence-electron chi connectivity index (χ1n) is 8.54. The summed E-state index contributed by atoms with van der Waals surface area (Å²) in [4.78, 5) is 39.5. The van der Waals surface area contributed by atoms with Crippen molar-refractivity contribution in [1.29, 1.82) is 0 Å². The molecule has 1 heterocycles. The highest BCUT2D eigenvalue weighted by atomic mass is 16.4. The number of carbonyl (C=O) groups is 3. The molecule has 4 N–H and O–H groups in total. The number of aliphatic hydroxyl groups is 1. The molecule has 0 aliphatic carbocycles. The zero-order chi connectivity index (χ0) is 19.7. The Kier molecular flexibility index (Phi) is 8.93. The van der Waals surface area contributed by atoms with Gasteiger partial charge in [-0.05, 0) is 13.3 Å². The molecule has 11 nitrogen and oxygen atoms in total. The van der Waals surface area contributed by atoms with Crippen molar-refractivity contribution >= 4 is 18.3 Å². The molecule has 1 atom stereocenters. The Balaban J connectivity index is 2.97. The van der Waals surface area contributed by atoms with E-state index in [1.54, 1.807) is 0 Å². The van der Waals surface area contributed by atoms with E-state index in [0.29, 0.717) is 19.5 Å². The average molecular weight is 376 g/mol. The fraction of sp³-hybridized carbons (Fsp3) is 0.800. The summed E-state index contributed by atoms with van der Waals surface area (Å²) in [7, 11) is 0. The molecule has 1 unspecified atom stereocenters. The summed E-state index contributed by atoms with van der Waals surface area (Å²) in [5.41, 5.74) is 0. The summed E-state index contributed by atoms with van der Waals surface area (Å²) in [5.74, 6) is 0. The van der Waals surface area contributed by atoms with Crippen molar-refractivity contribution in [1.82, 2.24) is 19.6 Å². The highest BCUT2D eigenvalue weighted by Crippen LogP contribution is 2.07. The van der Waals surface area contributed by atoms with E-state index in [0.717, 1.165) is 9.80 Å². The third-order valence-electron chi connectivity index (χ3n) is 4.46. The van der Waals surface area contributed by atoms with Gasteiger partial charge in [-0.2, -0.15) is 0 Å². The second-order valence-electron chi connectivity index (χ2n) is 6.23. The maximum Gasteiger partial charge on any atom is 0.407 e. The molecule has 1 rings (SSSR count). The molecule has 1 fully saturated rings. The summed E-state index contributed by atoms with van der Waals surface area (Å²) in [6.07, 6.45) is -2.98. The number of hydrogen-bond donors (Lipinski definition) is 4. The summed E-state index contributed by atoms with van der Waals surface area (Å²) in [6.45, 7) is 3.01. The normalized spacial score (nSPS) is 21.0. The molecule has 11 heteroatoms. The predicted octanol–water partition coefficient (Wildman–Crippen LogP) is 0.0129. The molecule has 1 saturated heterocycles. The van der Waals surface area contributed by atoms with Crippen LogP contribution in [-0.2, 0) is 0 Å². The SMILES string of the molecule is CC1CN(C(=O)O)CCN(C(=O)O)CCN(C(=O)O)CCN1CCCO. The molecule has 0 aromatic rings. The van der Waals surface area contributed by atoms with Crippen molar-refractivity contribution in [3.05, 3.63) is 0 Å². The maximum absolute atomic E-state index is 11.5. The summed E-state index contributed by atoms with van der Waals surface area (Å²) in [6, 6.07) is -0.203. The molecule has 1 aliphatic heterocycles. The van der Waals surface area contributed by atoms with Gasteiger partial charge in [0.05, 0.1) is 0 Å².